The van der Waals surface area contributed by atoms with Crippen LogP contribution in [-0.2, 0) is 7.05 Å². The Morgan fingerprint density at radius 3 is 2.43 bits per heavy atom. The van der Waals surface area contributed by atoms with Gasteiger partial charge in [-0.15, -0.1) is 0 Å². The summed E-state index contributed by atoms with van der Waals surface area (Å²) in [6, 6.07) is 8.05. The average Bonchev–Trinajstić information content (AvgIpc) is 3.25. The average molecular weight is 473 g/mol. The first kappa shape index (κ1) is 22.5. The summed E-state index contributed by atoms with van der Waals surface area (Å²) in [5, 5.41) is 6.28. The van der Waals surface area contributed by atoms with E-state index >= 15 is 0 Å². The number of imidazole rings is 1. The Morgan fingerprint density at radius 1 is 1.00 bits per heavy atom. The number of anilines is 4. The van der Waals surface area contributed by atoms with E-state index in [1.807, 2.05) is 23.7 Å². The molecule has 1 aromatic carbocycles. The summed E-state index contributed by atoms with van der Waals surface area (Å²) in [5.74, 6) is 0.0738. The van der Waals surface area contributed by atoms with Crippen molar-refractivity contribution in [3.8, 4) is 11.3 Å². The number of nitrogens with two attached hydrogens (primary N) is 1. The second-order valence-electron chi connectivity index (χ2n) is 8.60. The molecule has 0 saturated carbocycles. The van der Waals surface area contributed by atoms with Crippen LogP contribution in [0.2, 0.25) is 0 Å². The molecule has 35 heavy (non-hydrogen) atoms. The van der Waals surface area contributed by atoms with Crippen LogP contribution in [0.1, 0.15) is 10.5 Å². The van der Waals surface area contributed by atoms with Gasteiger partial charge in [-0.1, -0.05) is 0 Å². The number of rotatable bonds is 6. The summed E-state index contributed by atoms with van der Waals surface area (Å²) in [7, 11) is 5.78. The predicted molar refractivity (Wildman–Crippen MR) is 137 cm³/mol. The Hall–Kier alpha value is -4.25. The SMILES string of the molecule is CNc1nc(Nc2ccc(N3CCN(C)CC3)cc2)c(C(N)=O)nc1-c1cncc2c1ncn2C. The smallest absolute Gasteiger partial charge is 0.271 e. The molecule has 4 N–H and O–H groups in total. The number of hydrogen-bond acceptors (Lipinski definition) is 9. The molecule has 0 atom stereocenters. The lowest BCUT2D eigenvalue weighted by Gasteiger charge is -2.34. The van der Waals surface area contributed by atoms with Crippen LogP contribution in [0.3, 0.4) is 0 Å². The molecular weight excluding hydrogens is 444 g/mol. The zero-order valence-electron chi connectivity index (χ0n) is 20.0. The number of amides is 1. The number of benzene rings is 1. The second-order valence-corrected chi connectivity index (χ2v) is 8.60. The van der Waals surface area contributed by atoms with Crippen molar-refractivity contribution in [2.24, 2.45) is 12.8 Å². The summed E-state index contributed by atoms with van der Waals surface area (Å²) in [5.41, 5.74) is 10.4. The first-order valence-electron chi connectivity index (χ1n) is 11.4. The third kappa shape index (κ3) is 4.33. The molecule has 1 amide bonds. The minimum Gasteiger partial charge on any atom is -0.371 e. The van der Waals surface area contributed by atoms with E-state index in [0.717, 1.165) is 43.1 Å². The van der Waals surface area contributed by atoms with Crippen LogP contribution in [0, 0.1) is 0 Å². The molecule has 11 heteroatoms. The van der Waals surface area contributed by atoms with Gasteiger partial charge in [0.2, 0.25) is 0 Å². The third-order valence-electron chi connectivity index (χ3n) is 6.26. The molecule has 4 aromatic rings. The number of aromatic nitrogens is 5. The fourth-order valence-corrected chi connectivity index (χ4v) is 4.23. The van der Waals surface area contributed by atoms with E-state index in [2.05, 4.69) is 59.5 Å². The number of carbonyl (C=O) groups is 1. The monoisotopic (exact) mass is 472 g/mol. The maximum Gasteiger partial charge on any atom is 0.271 e. The molecule has 3 aromatic heterocycles. The van der Waals surface area contributed by atoms with E-state index in [4.69, 9.17) is 5.73 Å². The van der Waals surface area contributed by atoms with Gasteiger partial charge in [-0.25, -0.2) is 15.0 Å². The zero-order chi connectivity index (χ0) is 24.5. The fourth-order valence-electron chi connectivity index (χ4n) is 4.23. The highest BCUT2D eigenvalue weighted by molar-refractivity contribution is 5.99. The Bertz CT molecular complexity index is 1370. The van der Waals surface area contributed by atoms with E-state index in [0.29, 0.717) is 22.6 Å². The van der Waals surface area contributed by atoms with Gasteiger partial charge in [-0.3, -0.25) is 9.78 Å². The van der Waals surface area contributed by atoms with E-state index in [1.54, 1.807) is 25.8 Å². The van der Waals surface area contributed by atoms with Crippen LogP contribution in [-0.4, -0.2) is 75.6 Å². The van der Waals surface area contributed by atoms with Crippen LogP contribution >= 0.6 is 0 Å². The first-order valence-corrected chi connectivity index (χ1v) is 11.4. The highest BCUT2D eigenvalue weighted by atomic mass is 16.1. The minimum atomic E-state index is -0.681. The van der Waals surface area contributed by atoms with Gasteiger partial charge in [0.05, 0.1) is 23.6 Å². The van der Waals surface area contributed by atoms with E-state index < -0.39 is 5.91 Å². The zero-order valence-corrected chi connectivity index (χ0v) is 20.0. The molecule has 0 spiro atoms. The number of piperazine rings is 1. The van der Waals surface area contributed by atoms with Gasteiger partial charge in [-0.2, -0.15) is 0 Å². The fraction of sp³-hybridized carbons (Fsp3) is 0.292. The van der Waals surface area contributed by atoms with Crippen LogP contribution in [0.4, 0.5) is 23.0 Å². The van der Waals surface area contributed by atoms with Crippen molar-refractivity contribution in [3.63, 3.8) is 0 Å². The van der Waals surface area contributed by atoms with Crippen molar-refractivity contribution in [1.82, 2.24) is 29.4 Å². The number of fused-ring (bicyclic) bond motifs is 1. The Labute approximate surface area is 203 Å². The molecule has 4 heterocycles. The number of pyridine rings is 1. The van der Waals surface area contributed by atoms with Gasteiger partial charge in [0.1, 0.15) is 11.2 Å². The van der Waals surface area contributed by atoms with Crippen LogP contribution in [0.5, 0.6) is 0 Å². The highest BCUT2D eigenvalue weighted by Crippen LogP contribution is 2.32. The maximum absolute atomic E-state index is 12.4. The summed E-state index contributed by atoms with van der Waals surface area (Å²) in [6.07, 6.45) is 5.10. The minimum absolute atomic E-state index is 0.0371. The summed E-state index contributed by atoms with van der Waals surface area (Å²) in [4.78, 5) is 35.1. The van der Waals surface area contributed by atoms with Gasteiger partial charge >= 0.3 is 0 Å². The molecule has 0 bridgehead atoms. The lowest BCUT2D eigenvalue weighted by atomic mass is 10.1. The molecule has 1 aliphatic heterocycles. The molecule has 0 unspecified atom stereocenters. The maximum atomic E-state index is 12.4. The largest absolute Gasteiger partial charge is 0.371 e. The number of aryl methyl sites for hydroxylation is 1. The summed E-state index contributed by atoms with van der Waals surface area (Å²) < 4.78 is 1.87. The normalized spacial score (nSPS) is 14.3. The van der Waals surface area contributed by atoms with Gasteiger partial charge in [-0.05, 0) is 31.3 Å². The quantitative estimate of drug-likeness (QED) is 0.386. The van der Waals surface area contributed by atoms with E-state index in [1.165, 1.54) is 0 Å². The number of hydrogen-bond donors (Lipinski definition) is 3. The molecule has 0 radical (unpaired) electrons. The lowest BCUT2D eigenvalue weighted by Crippen LogP contribution is -2.44. The predicted octanol–water partition coefficient (Wildman–Crippen LogP) is 2.06. The molecule has 11 nitrogen and oxygen atoms in total. The topological polar surface area (TPSA) is 130 Å². The number of nitrogens with one attached hydrogen (secondary N) is 2. The summed E-state index contributed by atoms with van der Waals surface area (Å²) >= 11 is 0. The number of primary amides is 1. The van der Waals surface area contributed by atoms with Crippen molar-refractivity contribution in [2.45, 2.75) is 0 Å². The van der Waals surface area contributed by atoms with Crippen LogP contribution < -0.4 is 21.3 Å². The molecule has 1 aliphatic rings. The van der Waals surface area contributed by atoms with Crippen LogP contribution in [0.15, 0.2) is 43.0 Å². The molecule has 180 valence electrons. The van der Waals surface area contributed by atoms with E-state index in [9.17, 15) is 4.79 Å². The molecule has 5 rings (SSSR count). The van der Waals surface area contributed by atoms with Gasteiger partial charge in [0, 0.05) is 57.8 Å². The molecule has 0 aliphatic carbocycles. The second kappa shape index (κ2) is 9.18. The Balaban J connectivity index is 1.48. The van der Waals surface area contributed by atoms with Crippen molar-refractivity contribution >= 4 is 40.0 Å². The van der Waals surface area contributed by atoms with Gasteiger partial charge in [0.25, 0.3) is 5.91 Å². The standard InChI is InChI=1S/C24H28N10O/c1-26-23-20(17-12-27-13-18-19(17)28-14-33(18)3)30-21(22(25)35)24(31-23)29-15-4-6-16(7-5-15)34-10-8-32(2)9-11-34/h4-7,12-14H,8-11H2,1-3H3,(H2,25,35)(H2,26,29,31). The van der Waals surface area contributed by atoms with Gasteiger partial charge in [0.15, 0.2) is 17.3 Å². The number of nitrogens with zero attached hydrogens (tertiary/aromatic N) is 7. The molecule has 1 saturated heterocycles. The van der Waals surface area contributed by atoms with Crippen molar-refractivity contribution < 1.29 is 4.79 Å². The van der Waals surface area contributed by atoms with Gasteiger partial charge < -0.3 is 30.7 Å². The summed E-state index contributed by atoms with van der Waals surface area (Å²) in [6.45, 7) is 4.06. The van der Waals surface area contributed by atoms with E-state index in [-0.39, 0.29) is 11.5 Å². The lowest BCUT2D eigenvalue weighted by molar-refractivity contribution is 0.0996. The molecule has 1 fully saturated rings. The van der Waals surface area contributed by atoms with Crippen molar-refractivity contribution in [1.29, 1.82) is 0 Å². The Morgan fingerprint density at radius 2 is 1.74 bits per heavy atom. The molecular formula is C24H28N10O. The highest BCUT2D eigenvalue weighted by Gasteiger charge is 2.21. The number of likely N-dealkylation sites (N-methyl/N-ethyl adjacent to an activating group) is 1. The van der Waals surface area contributed by atoms with Crippen molar-refractivity contribution in [3.05, 3.63) is 48.7 Å². The van der Waals surface area contributed by atoms with Crippen LogP contribution in [0.25, 0.3) is 22.3 Å². The number of carbonyl (C=O) groups excluding carboxylic acids is 1. The Kier molecular flexibility index (Phi) is 5.91. The third-order valence-corrected chi connectivity index (χ3v) is 6.26. The van der Waals surface area contributed by atoms with Crippen molar-refractivity contribution in [2.75, 3.05) is 55.8 Å². The first-order chi connectivity index (χ1) is 16.9.